The topological polar surface area (TPSA) is 128 Å². The molecule has 0 aliphatic carbocycles. The number of imidazole rings is 1. The van der Waals surface area contributed by atoms with E-state index < -0.39 is 24.3 Å². The van der Waals surface area contributed by atoms with Crippen LogP contribution >= 0.6 is 15.9 Å². The van der Waals surface area contributed by atoms with Crippen LogP contribution in [0.1, 0.15) is 25.7 Å². The molecule has 1 fully saturated rings. The molecule has 0 saturated carbocycles. The smallest absolute Gasteiger partial charge is 0.407 e. The number of carboxylic acid groups (broad SMARTS) is 1. The van der Waals surface area contributed by atoms with Crippen LogP contribution in [0, 0.1) is 5.92 Å². The van der Waals surface area contributed by atoms with Gasteiger partial charge >= 0.3 is 12.2 Å². The summed E-state index contributed by atoms with van der Waals surface area (Å²) in [5, 5.41) is 12.1. The first-order chi connectivity index (χ1) is 15.2. The van der Waals surface area contributed by atoms with Crippen molar-refractivity contribution in [3.63, 3.8) is 0 Å². The van der Waals surface area contributed by atoms with Gasteiger partial charge in [0.05, 0.1) is 19.3 Å². The van der Waals surface area contributed by atoms with Gasteiger partial charge in [0.2, 0.25) is 5.91 Å². The van der Waals surface area contributed by atoms with E-state index in [1.54, 1.807) is 11.1 Å². The molecule has 172 valence electrons. The number of aromatic amines is 1. The fraction of sp³-hybridized carbons (Fsp3) is 0.429. The average Bonchev–Trinajstić information content (AvgIpc) is 3.26. The van der Waals surface area contributed by atoms with E-state index in [1.165, 1.54) is 12.0 Å². The molecule has 1 saturated heterocycles. The molecule has 2 atom stereocenters. The van der Waals surface area contributed by atoms with Gasteiger partial charge in [0, 0.05) is 29.3 Å². The highest BCUT2D eigenvalue weighted by molar-refractivity contribution is 9.10. The van der Waals surface area contributed by atoms with E-state index in [0.717, 1.165) is 10.0 Å². The van der Waals surface area contributed by atoms with Crippen molar-refractivity contribution in [2.75, 3.05) is 26.7 Å². The number of carbonyl (C=O) groups is 3. The second-order valence-electron chi connectivity index (χ2n) is 7.81. The lowest BCUT2D eigenvalue weighted by Gasteiger charge is -2.41. The van der Waals surface area contributed by atoms with Crippen LogP contribution in [0.2, 0.25) is 0 Å². The molecule has 3 N–H and O–H groups in total. The maximum absolute atomic E-state index is 13.4. The first kappa shape index (κ1) is 23.6. The lowest BCUT2D eigenvalue weighted by Crippen LogP contribution is -2.58. The van der Waals surface area contributed by atoms with Gasteiger partial charge in [-0.25, -0.2) is 14.6 Å². The standard InChI is InChI=1S/C21H26BrN5O5/c1-12(2)17(25-20(29)32-3)19(28)27-9-8-26(21(30)31)11-16(27)18-23-10-15(24-18)13-4-6-14(22)7-5-13/h4-7,10,12,16-17H,8-9,11H2,1-3H3,(H,23,24)(H,25,29)(H,30,31). The Labute approximate surface area is 194 Å². The predicted octanol–water partition coefficient (Wildman–Crippen LogP) is 3.08. The third-order valence-electron chi connectivity index (χ3n) is 5.38. The summed E-state index contributed by atoms with van der Waals surface area (Å²) in [6.45, 7) is 4.05. The number of hydrogen-bond donors (Lipinski definition) is 3. The van der Waals surface area contributed by atoms with E-state index in [2.05, 4.69) is 36.0 Å². The summed E-state index contributed by atoms with van der Waals surface area (Å²) >= 11 is 3.40. The molecule has 32 heavy (non-hydrogen) atoms. The molecule has 1 aromatic heterocycles. The van der Waals surface area contributed by atoms with Gasteiger partial charge in [0.25, 0.3) is 0 Å². The third kappa shape index (κ3) is 5.21. The number of piperazine rings is 1. The maximum Gasteiger partial charge on any atom is 0.407 e. The largest absolute Gasteiger partial charge is 0.465 e. The fourth-order valence-electron chi connectivity index (χ4n) is 3.61. The number of halogens is 1. The molecule has 3 amide bonds. The van der Waals surface area contributed by atoms with Gasteiger partial charge in [-0.1, -0.05) is 41.9 Å². The SMILES string of the molecule is COC(=O)NC(C(=O)N1CCN(C(=O)O)CC1c1nc(-c2ccc(Br)cc2)c[nH]1)C(C)C. The Balaban J connectivity index is 1.91. The Kier molecular flexibility index (Phi) is 7.39. The quantitative estimate of drug-likeness (QED) is 0.570. The van der Waals surface area contributed by atoms with E-state index in [9.17, 15) is 19.5 Å². The molecule has 0 bridgehead atoms. The molecule has 1 aliphatic heterocycles. The Morgan fingerprint density at radius 3 is 2.53 bits per heavy atom. The highest BCUT2D eigenvalue weighted by Gasteiger charge is 2.39. The Morgan fingerprint density at radius 1 is 1.25 bits per heavy atom. The highest BCUT2D eigenvalue weighted by Crippen LogP contribution is 2.28. The van der Waals surface area contributed by atoms with Gasteiger partial charge in [-0.05, 0) is 18.1 Å². The van der Waals surface area contributed by atoms with E-state index in [-0.39, 0.29) is 31.5 Å². The second kappa shape index (κ2) is 10.0. The number of rotatable bonds is 5. The number of H-pyrrole nitrogens is 1. The van der Waals surface area contributed by atoms with Gasteiger partial charge in [0.1, 0.15) is 17.9 Å². The normalized spacial score (nSPS) is 17.2. The minimum atomic E-state index is -1.06. The number of amides is 3. The molecule has 10 nitrogen and oxygen atoms in total. The summed E-state index contributed by atoms with van der Waals surface area (Å²) in [7, 11) is 1.23. The molecule has 0 radical (unpaired) electrons. The van der Waals surface area contributed by atoms with Crippen molar-refractivity contribution in [3.05, 3.63) is 40.8 Å². The molecular formula is C21H26BrN5O5. The van der Waals surface area contributed by atoms with Crippen molar-refractivity contribution >= 4 is 34.0 Å². The Bertz CT molecular complexity index is 977. The zero-order chi connectivity index (χ0) is 23.4. The number of benzene rings is 1. The Morgan fingerprint density at radius 2 is 1.94 bits per heavy atom. The van der Waals surface area contributed by atoms with E-state index in [1.807, 2.05) is 38.1 Å². The number of carbonyl (C=O) groups excluding carboxylic acids is 2. The van der Waals surface area contributed by atoms with Crippen LogP contribution in [0.25, 0.3) is 11.3 Å². The minimum Gasteiger partial charge on any atom is -0.465 e. The number of aromatic nitrogens is 2. The van der Waals surface area contributed by atoms with Crippen molar-refractivity contribution in [2.45, 2.75) is 25.9 Å². The van der Waals surface area contributed by atoms with Gasteiger partial charge in [-0.15, -0.1) is 0 Å². The first-order valence-corrected chi connectivity index (χ1v) is 10.9. The van der Waals surface area contributed by atoms with Crippen LogP contribution in [0.3, 0.4) is 0 Å². The lowest BCUT2D eigenvalue weighted by molar-refractivity contribution is -0.139. The van der Waals surface area contributed by atoms with Crippen LogP contribution < -0.4 is 5.32 Å². The van der Waals surface area contributed by atoms with E-state index >= 15 is 0 Å². The molecule has 2 unspecified atom stereocenters. The van der Waals surface area contributed by atoms with Crippen molar-refractivity contribution in [1.82, 2.24) is 25.1 Å². The van der Waals surface area contributed by atoms with Crippen molar-refractivity contribution in [3.8, 4) is 11.3 Å². The van der Waals surface area contributed by atoms with Crippen molar-refractivity contribution in [2.24, 2.45) is 5.92 Å². The van der Waals surface area contributed by atoms with Crippen LogP contribution in [0.4, 0.5) is 9.59 Å². The molecular weight excluding hydrogens is 482 g/mol. The summed E-state index contributed by atoms with van der Waals surface area (Å²) in [5.74, 6) is -0.0421. The number of ether oxygens (including phenoxy) is 1. The fourth-order valence-corrected chi connectivity index (χ4v) is 3.87. The van der Waals surface area contributed by atoms with Crippen LogP contribution in [0.5, 0.6) is 0 Å². The summed E-state index contributed by atoms with van der Waals surface area (Å²) in [5.41, 5.74) is 1.56. The summed E-state index contributed by atoms with van der Waals surface area (Å²) in [6.07, 6.45) is -0.0312. The third-order valence-corrected chi connectivity index (χ3v) is 5.91. The number of alkyl carbamates (subject to hydrolysis) is 1. The van der Waals surface area contributed by atoms with Crippen molar-refractivity contribution < 1.29 is 24.2 Å². The molecule has 11 heteroatoms. The highest BCUT2D eigenvalue weighted by atomic mass is 79.9. The maximum atomic E-state index is 13.4. The summed E-state index contributed by atoms with van der Waals surface area (Å²) in [6, 6.07) is 6.18. The molecule has 1 aromatic carbocycles. The van der Waals surface area contributed by atoms with Gasteiger partial charge < -0.3 is 29.9 Å². The van der Waals surface area contributed by atoms with Gasteiger partial charge in [-0.3, -0.25) is 4.79 Å². The summed E-state index contributed by atoms with van der Waals surface area (Å²) < 4.78 is 5.60. The van der Waals surface area contributed by atoms with Crippen LogP contribution in [-0.2, 0) is 9.53 Å². The number of nitrogens with zero attached hydrogens (tertiary/aromatic N) is 3. The van der Waals surface area contributed by atoms with Gasteiger partial charge in [0.15, 0.2) is 0 Å². The lowest BCUT2D eigenvalue weighted by atomic mass is 10.0. The average molecular weight is 508 g/mol. The van der Waals surface area contributed by atoms with Crippen LogP contribution in [-0.4, -0.2) is 75.8 Å². The number of nitrogens with one attached hydrogen (secondary N) is 2. The molecule has 0 spiro atoms. The van der Waals surface area contributed by atoms with E-state index in [4.69, 9.17) is 0 Å². The zero-order valence-electron chi connectivity index (χ0n) is 18.0. The number of methoxy groups -OCH3 is 1. The first-order valence-electron chi connectivity index (χ1n) is 10.1. The van der Waals surface area contributed by atoms with Gasteiger partial charge in [-0.2, -0.15) is 0 Å². The number of hydrogen-bond acceptors (Lipinski definition) is 5. The molecule has 2 heterocycles. The molecule has 1 aliphatic rings. The molecule has 2 aromatic rings. The van der Waals surface area contributed by atoms with Crippen molar-refractivity contribution in [1.29, 1.82) is 0 Å². The van der Waals surface area contributed by atoms with E-state index in [0.29, 0.717) is 11.5 Å². The zero-order valence-corrected chi connectivity index (χ0v) is 19.6. The van der Waals surface area contributed by atoms with Crippen LogP contribution in [0.15, 0.2) is 34.9 Å². The second-order valence-corrected chi connectivity index (χ2v) is 8.73. The Hall–Kier alpha value is -3.08. The molecule has 3 rings (SSSR count). The minimum absolute atomic E-state index is 0.0669. The monoisotopic (exact) mass is 507 g/mol. The predicted molar refractivity (Wildman–Crippen MR) is 120 cm³/mol. The summed E-state index contributed by atoms with van der Waals surface area (Å²) in [4.78, 5) is 47.4.